The van der Waals surface area contributed by atoms with Crippen LogP contribution in [-0.4, -0.2) is 22.5 Å². The lowest BCUT2D eigenvalue weighted by molar-refractivity contribution is -0.396. The molecule has 1 aromatic heterocycles. The standard InChI is InChI=1S/C9H12N3/c1-3-12(2)9-4-5-11-8(6-9)7-10/h4-6H,1,7,10H2,2H3/q+1. The van der Waals surface area contributed by atoms with Crippen LogP contribution in [0.5, 0.6) is 0 Å². The maximum absolute atomic E-state index is 5.44. The predicted molar refractivity (Wildman–Crippen MR) is 48.6 cm³/mol. The van der Waals surface area contributed by atoms with E-state index in [4.69, 9.17) is 5.73 Å². The molecular formula is C9H12N3+. The highest BCUT2D eigenvalue weighted by Gasteiger charge is 2.02. The Kier molecular flexibility index (Phi) is 2.75. The molecule has 0 aliphatic carbocycles. The normalized spacial score (nSPS) is 9.17. The zero-order valence-electron chi connectivity index (χ0n) is 7.12. The fourth-order valence-electron chi connectivity index (χ4n) is 0.877. The Bertz CT molecular complexity index is 324. The van der Waals surface area contributed by atoms with Crippen molar-refractivity contribution in [1.29, 1.82) is 0 Å². The van der Waals surface area contributed by atoms with E-state index in [0.717, 1.165) is 11.4 Å². The van der Waals surface area contributed by atoms with Gasteiger partial charge >= 0.3 is 0 Å². The average Bonchev–Trinajstić information content (AvgIpc) is 2.17. The molecule has 1 heterocycles. The van der Waals surface area contributed by atoms with Gasteiger partial charge in [-0.2, -0.15) is 4.58 Å². The number of nitrogens with zero attached hydrogens (tertiary/aromatic N) is 2. The van der Waals surface area contributed by atoms with Crippen LogP contribution in [0.25, 0.3) is 0 Å². The van der Waals surface area contributed by atoms with Gasteiger partial charge in [-0.3, -0.25) is 4.98 Å². The van der Waals surface area contributed by atoms with Crippen LogP contribution >= 0.6 is 0 Å². The summed E-state index contributed by atoms with van der Waals surface area (Å²) in [5.41, 5.74) is 7.31. The second kappa shape index (κ2) is 3.81. The fraction of sp³-hybridized carbons (Fsp3) is 0.222. The summed E-state index contributed by atoms with van der Waals surface area (Å²) in [6.07, 6.45) is 1.73. The van der Waals surface area contributed by atoms with E-state index < -0.39 is 0 Å². The molecule has 2 N–H and O–H groups in total. The predicted octanol–water partition coefficient (Wildman–Crippen LogP) is 0.670. The molecule has 0 amide bonds. The van der Waals surface area contributed by atoms with E-state index >= 15 is 0 Å². The summed E-state index contributed by atoms with van der Waals surface area (Å²) in [5, 5.41) is 0. The number of rotatable bonds is 2. The molecule has 0 atom stereocenters. The molecule has 0 bridgehead atoms. The van der Waals surface area contributed by atoms with E-state index in [1.165, 1.54) is 0 Å². The van der Waals surface area contributed by atoms with Crippen molar-refractivity contribution in [3.8, 4) is 0 Å². The monoisotopic (exact) mass is 162 g/mol. The van der Waals surface area contributed by atoms with Gasteiger partial charge in [-0.25, -0.2) is 0 Å². The van der Waals surface area contributed by atoms with E-state index in [9.17, 15) is 0 Å². The second-order valence-electron chi connectivity index (χ2n) is 2.43. The van der Waals surface area contributed by atoms with Crippen molar-refractivity contribution in [2.75, 3.05) is 7.05 Å². The summed E-state index contributed by atoms with van der Waals surface area (Å²) in [5.74, 6) is 2.75. The summed E-state index contributed by atoms with van der Waals surface area (Å²) in [4.78, 5) is 4.07. The zero-order chi connectivity index (χ0) is 8.97. The van der Waals surface area contributed by atoms with Gasteiger partial charge in [-0.05, 0) is 0 Å². The van der Waals surface area contributed by atoms with Crippen LogP contribution in [0.2, 0.25) is 0 Å². The van der Waals surface area contributed by atoms with Crippen LogP contribution in [0.4, 0.5) is 5.69 Å². The quantitative estimate of drug-likeness (QED) is 0.513. The molecular weight excluding hydrogens is 150 g/mol. The van der Waals surface area contributed by atoms with E-state index in [2.05, 4.69) is 17.4 Å². The SMILES string of the molecule is C=C=[N+](C)c1ccnc(CN)c1. The third kappa shape index (κ3) is 1.78. The highest BCUT2D eigenvalue weighted by molar-refractivity contribution is 5.44. The van der Waals surface area contributed by atoms with Crippen LogP contribution in [0, 0.1) is 0 Å². The van der Waals surface area contributed by atoms with Gasteiger partial charge in [0, 0.05) is 31.5 Å². The maximum Gasteiger partial charge on any atom is 0.217 e. The van der Waals surface area contributed by atoms with Crippen molar-refractivity contribution in [1.82, 2.24) is 4.98 Å². The zero-order valence-corrected chi connectivity index (χ0v) is 7.12. The van der Waals surface area contributed by atoms with E-state index in [1.54, 1.807) is 10.8 Å². The van der Waals surface area contributed by atoms with Gasteiger partial charge in [0.1, 0.15) is 7.05 Å². The lowest BCUT2D eigenvalue weighted by Gasteiger charge is -1.95. The van der Waals surface area contributed by atoms with Crippen molar-refractivity contribution < 1.29 is 4.58 Å². The van der Waals surface area contributed by atoms with Crippen molar-refractivity contribution in [3.05, 3.63) is 30.6 Å². The summed E-state index contributed by atoms with van der Waals surface area (Å²) in [7, 11) is 1.88. The van der Waals surface area contributed by atoms with Gasteiger partial charge in [0.15, 0.2) is 5.87 Å². The third-order valence-electron chi connectivity index (χ3n) is 1.63. The first kappa shape index (κ1) is 8.65. The topological polar surface area (TPSA) is 41.9 Å². The van der Waals surface area contributed by atoms with Gasteiger partial charge in [-0.1, -0.05) is 0 Å². The Morgan fingerprint density at radius 1 is 1.75 bits per heavy atom. The molecule has 0 unspecified atom stereocenters. The molecule has 3 nitrogen and oxygen atoms in total. The molecule has 1 aromatic rings. The Morgan fingerprint density at radius 2 is 2.50 bits per heavy atom. The Labute approximate surface area is 71.9 Å². The van der Waals surface area contributed by atoms with Crippen LogP contribution in [0.3, 0.4) is 0 Å². The number of aromatic nitrogens is 1. The lowest BCUT2D eigenvalue weighted by atomic mass is 10.3. The molecule has 0 saturated carbocycles. The molecule has 0 aromatic carbocycles. The van der Waals surface area contributed by atoms with E-state index in [-0.39, 0.29) is 0 Å². The van der Waals surface area contributed by atoms with Crippen molar-refractivity contribution >= 4 is 11.6 Å². The van der Waals surface area contributed by atoms with Gasteiger partial charge < -0.3 is 5.73 Å². The van der Waals surface area contributed by atoms with Crippen LogP contribution < -0.4 is 5.73 Å². The fourth-order valence-corrected chi connectivity index (χ4v) is 0.877. The molecule has 0 saturated heterocycles. The van der Waals surface area contributed by atoms with E-state index in [1.807, 2.05) is 19.2 Å². The molecule has 62 valence electrons. The number of nitrogens with two attached hydrogens (primary N) is 1. The van der Waals surface area contributed by atoms with E-state index in [0.29, 0.717) is 6.54 Å². The molecule has 1 rings (SSSR count). The second-order valence-corrected chi connectivity index (χ2v) is 2.43. The van der Waals surface area contributed by atoms with Crippen LogP contribution in [0.1, 0.15) is 5.69 Å². The average molecular weight is 162 g/mol. The smallest absolute Gasteiger partial charge is 0.217 e. The molecule has 0 radical (unpaired) electrons. The number of pyridine rings is 1. The Balaban J connectivity index is 3.10. The Morgan fingerprint density at radius 3 is 3.08 bits per heavy atom. The minimum atomic E-state index is 0.457. The lowest BCUT2D eigenvalue weighted by Crippen LogP contribution is -2.01. The summed E-state index contributed by atoms with van der Waals surface area (Å²) < 4.78 is 1.79. The van der Waals surface area contributed by atoms with Crippen LogP contribution in [0.15, 0.2) is 24.9 Å². The molecule has 12 heavy (non-hydrogen) atoms. The van der Waals surface area contributed by atoms with Crippen molar-refractivity contribution in [2.24, 2.45) is 5.73 Å². The largest absolute Gasteiger partial charge is 0.325 e. The highest BCUT2D eigenvalue weighted by atomic mass is 15.0. The first-order valence-corrected chi connectivity index (χ1v) is 3.69. The minimum absolute atomic E-state index is 0.457. The van der Waals surface area contributed by atoms with Crippen molar-refractivity contribution in [3.63, 3.8) is 0 Å². The highest BCUT2D eigenvalue weighted by Crippen LogP contribution is 2.08. The minimum Gasteiger partial charge on any atom is -0.325 e. The first-order chi connectivity index (χ1) is 5.77. The number of hydrogen-bond donors (Lipinski definition) is 1. The summed E-state index contributed by atoms with van der Waals surface area (Å²) in [6.45, 7) is 4.00. The first-order valence-electron chi connectivity index (χ1n) is 3.69. The van der Waals surface area contributed by atoms with Gasteiger partial charge in [0.25, 0.3) is 0 Å². The molecule has 0 aliphatic heterocycles. The van der Waals surface area contributed by atoms with Crippen molar-refractivity contribution in [2.45, 2.75) is 6.54 Å². The molecule has 3 heteroatoms. The molecule has 0 spiro atoms. The maximum atomic E-state index is 5.44. The molecule has 0 aliphatic rings. The number of hydrogen-bond acceptors (Lipinski definition) is 2. The van der Waals surface area contributed by atoms with Gasteiger partial charge in [0.05, 0.1) is 5.69 Å². The van der Waals surface area contributed by atoms with Gasteiger partial charge in [0.2, 0.25) is 5.69 Å². The van der Waals surface area contributed by atoms with Crippen LogP contribution in [-0.2, 0) is 6.54 Å². The van der Waals surface area contributed by atoms with Gasteiger partial charge in [-0.15, -0.1) is 0 Å². The molecule has 0 fully saturated rings. The summed E-state index contributed by atoms with van der Waals surface area (Å²) in [6, 6.07) is 3.80. The summed E-state index contributed by atoms with van der Waals surface area (Å²) >= 11 is 0. The Hall–Kier alpha value is -1.44. The third-order valence-corrected chi connectivity index (χ3v) is 1.63.